The van der Waals surface area contributed by atoms with Gasteiger partial charge in [-0.1, -0.05) is 55.0 Å². The fourth-order valence-corrected chi connectivity index (χ4v) is 4.57. The Balaban J connectivity index is 1.34. The highest BCUT2D eigenvalue weighted by molar-refractivity contribution is 5.85. The van der Waals surface area contributed by atoms with Crippen LogP contribution < -0.4 is 5.32 Å². The molecule has 7 nitrogen and oxygen atoms in total. The molecule has 0 unspecified atom stereocenters. The van der Waals surface area contributed by atoms with E-state index in [1.54, 1.807) is 0 Å². The highest BCUT2D eigenvalue weighted by Gasteiger charge is 2.30. The lowest BCUT2D eigenvalue weighted by Crippen LogP contribution is -2.43. The van der Waals surface area contributed by atoms with Crippen LogP contribution in [0.4, 0.5) is 4.79 Å². The third-order valence-electron chi connectivity index (χ3n) is 6.15. The van der Waals surface area contributed by atoms with Crippen molar-refractivity contribution >= 4 is 18.0 Å². The van der Waals surface area contributed by atoms with Gasteiger partial charge < -0.3 is 19.9 Å². The summed E-state index contributed by atoms with van der Waals surface area (Å²) in [4.78, 5) is 36.1. The van der Waals surface area contributed by atoms with Crippen molar-refractivity contribution in [1.29, 1.82) is 0 Å². The summed E-state index contributed by atoms with van der Waals surface area (Å²) in [5.74, 6) is -2.06. The van der Waals surface area contributed by atoms with Crippen LogP contribution in [0.2, 0.25) is 0 Å². The van der Waals surface area contributed by atoms with Crippen LogP contribution in [0.15, 0.2) is 48.5 Å². The molecule has 2 aliphatic carbocycles. The summed E-state index contributed by atoms with van der Waals surface area (Å²) in [7, 11) is 0. The maximum atomic E-state index is 12.4. The van der Waals surface area contributed by atoms with Crippen LogP contribution in [0.1, 0.15) is 55.6 Å². The smallest absolute Gasteiger partial charge is 0.407 e. The van der Waals surface area contributed by atoms with Crippen molar-refractivity contribution in [1.82, 2.24) is 5.32 Å². The number of carbonyl (C=O) groups excluding carboxylic acids is 2. The number of hydrogen-bond acceptors (Lipinski definition) is 5. The van der Waals surface area contributed by atoms with Gasteiger partial charge in [-0.3, -0.25) is 4.79 Å². The Morgan fingerprint density at radius 2 is 1.53 bits per heavy atom. The maximum Gasteiger partial charge on any atom is 0.407 e. The third kappa shape index (κ3) is 4.93. The normalized spacial score (nSPS) is 16.5. The van der Waals surface area contributed by atoms with Gasteiger partial charge in [-0.05, 0) is 47.9 Å². The number of rotatable bonds is 7. The molecule has 0 radical (unpaired) electrons. The van der Waals surface area contributed by atoms with Crippen LogP contribution in [0.3, 0.4) is 0 Å². The number of aliphatic carboxylic acids is 1. The number of carbonyl (C=O) groups is 3. The van der Waals surface area contributed by atoms with Gasteiger partial charge in [0.05, 0.1) is 6.42 Å². The largest absolute Gasteiger partial charge is 0.480 e. The summed E-state index contributed by atoms with van der Waals surface area (Å²) >= 11 is 0. The Morgan fingerprint density at radius 3 is 2.12 bits per heavy atom. The first-order valence-electron chi connectivity index (χ1n) is 11.1. The van der Waals surface area contributed by atoms with E-state index in [2.05, 4.69) is 5.32 Å². The van der Waals surface area contributed by atoms with Crippen LogP contribution in [0.25, 0.3) is 11.1 Å². The predicted octanol–water partition coefficient (Wildman–Crippen LogP) is 4.24. The minimum atomic E-state index is -1.40. The van der Waals surface area contributed by atoms with Crippen molar-refractivity contribution < 1.29 is 29.0 Å². The van der Waals surface area contributed by atoms with Crippen molar-refractivity contribution in [3.8, 4) is 11.1 Å². The molecule has 0 aliphatic heterocycles. The Bertz CT molecular complexity index is 952. The first-order valence-corrected chi connectivity index (χ1v) is 11.1. The summed E-state index contributed by atoms with van der Waals surface area (Å²) in [6.07, 6.45) is 3.24. The van der Waals surface area contributed by atoms with E-state index in [4.69, 9.17) is 9.47 Å². The molecular formula is C25H27NO6. The second-order valence-electron chi connectivity index (χ2n) is 8.31. The zero-order valence-corrected chi connectivity index (χ0v) is 17.8. The Morgan fingerprint density at radius 1 is 0.938 bits per heavy atom. The molecule has 4 rings (SSSR count). The van der Waals surface area contributed by atoms with Gasteiger partial charge in [-0.2, -0.15) is 0 Å². The maximum absolute atomic E-state index is 12.4. The van der Waals surface area contributed by atoms with Gasteiger partial charge in [0.2, 0.25) is 0 Å². The Kier molecular flexibility index (Phi) is 6.73. The Labute approximate surface area is 186 Å². The first-order chi connectivity index (χ1) is 15.5. The molecule has 2 aromatic rings. The van der Waals surface area contributed by atoms with E-state index in [0.29, 0.717) is 0 Å². The van der Waals surface area contributed by atoms with Crippen molar-refractivity contribution in [3.63, 3.8) is 0 Å². The molecule has 32 heavy (non-hydrogen) atoms. The molecule has 0 bridgehead atoms. The minimum absolute atomic E-state index is 0.0682. The molecule has 0 spiro atoms. The fraction of sp³-hybridized carbons (Fsp3) is 0.400. The SMILES string of the molecule is O=C(C[C@@H](NC(=O)OCC1c2ccccc2-c2ccccc21)C(=O)O)OC1CCCCC1. The molecule has 1 atom stereocenters. The topological polar surface area (TPSA) is 102 Å². The average Bonchev–Trinajstić information content (AvgIpc) is 3.11. The second kappa shape index (κ2) is 9.85. The minimum Gasteiger partial charge on any atom is -0.480 e. The van der Waals surface area contributed by atoms with Crippen LogP contribution in [-0.2, 0) is 19.1 Å². The lowest BCUT2D eigenvalue weighted by atomic mass is 9.98. The molecule has 168 valence electrons. The zero-order valence-electron chi connectivity index (χ0n) is 17.8. The molecule has 1 amide bonds. The molecule has 2 N–H and O–H groups in total. The molecule has 2 aliphatic rings. The van der Waals surface area contributed by atoms with Gasteiger partial charge in [0.1, 0.15) is 18.8 Å². The number of esters is 1. The van der Waals surface area contributed by atoms with Crippen LogP contribution in [0.5, 0.6) is 0 Å². The fourth-order valence-electron chi connectivity index (χ4n) is 4.57. The molecule has 2 aromatic carbocycles. The quantitative estimate of drug-likeness (QED) is 0.628. The van der Waals surface area contributed by atoms with E-state index in [0.717, 1.165) is 54.4 Å². The summed E-state index contributed by atoms with van der Waals surface area (Å²) in [6, 6.07) is 14.5. The highest BCUT2D eigenvalue weighted by Crippen LogP contribution is 2.44. The van der Waals surface area contributed by atoms with Gasteiger partial charge in [0, 0.05) is 5.92 Å². The standard InChI is InChI=1S/C25H27NO6/c27-23(32-16-8-2-1-3-9-16)14-22(24(28)29)26-25(30)31-15-21-19-12-6-4-10-17(19)18-11-5-7-13-20(18)21/h4-7,10-13,16,21-22H,1-3,8-9,14-15H2,(H,26,30)(H,28,29)/t22-/m1/s1. The van der Waals surface area contributed by atoms with Gasteiger partial charge in [0.15, 0.2) is 0 Å². The highest BCUT2D eigenvalue weighted by atomic mass is 16.6. The second-order valence-corrected chi connectivity index (χ2v) is 8.31. The number of hydrogen-bond donors (Lipinski definition) is 2. The predicted molar refractivity (Wildman–Crippen MR) is 117 cm³/mol. The van der Waals surface area contributed by atoms with Gasteiger partial charge in [-0.15, -0.1) is 0 Å². The van der Waals surface area contributed by atoms with Crippen LogP contribution in [-0.4, -0.2) is 41.9 Å². The van der Waals surface area contributed by atoms with E-state index < -0.39 is 30.5 Å². The van der Waals surface area contributed by atoms with Crippen LogP contribution in [0, 0.1) is 0 Å². The number of alkyl carbamates (subject to hydrolysis) is 1. The Hall–Kier alpha value is -3.35. The number of ether oxygens (including phenoxy) is 2. The van der Waals surface area contributed by atoms with Crippen molar-refractivity contribution in [2.45, 2.75) is 56.6 Å². The van der Waals surface area contributed by atoms with E-state index in [1.807, 2.05) is 48.5 Å². The lowest BCUT2D eigenvalue weighted by Gasteiger charge is -2.23. The lowest BCUT2D eigenvalue weighted by molar-refractivity contribution is -0.154. The molecule has 0 heterocycles. The van der Waals surface area contributed by atoms with E-state index >= 15 is 0 Å². The number of carboxylic acid groups (broad SMARTS) is 1. The van der Waals surface area contributed by atoms with Gasteiger partial charge >= 0.3 is 18.0 Å². The van der Waals surface area contributed by atoms with E-state index in [-0.39, 0.29) is 18.6 Å². The van der Waals surface area contributed by atoms with Crippen molar-refractivity contribution in [2.24, 2.45) is 0 Å². The number of benzene rings is 2. The summed E-state index contributed by atoms with van der Waals surface area (Å²) in [5.41, 5.74) is 4.33. The number of amides is 1. The monoisotopic (exact) mass is 437 g/mol. The summed E-state index contributed by atoms with van der Waals surface area (Å²) < 4.78 is 10.8. The molecular weight excluding hydrogens is 410 g/mol. The molecule has 0 aromatic heterocycles. The van der Waals surface area contributed by atoms with Crippen molar-refractivity contribution in [2.75, 3.05) is 6.61 Å². The number of carboxylic acids is 1. The van der Waals surface area contributed by atoms with Crippen LogP contribution >= 0.6 is 0 Å². The van der Waals surface area contributed by atoms with Gasteiger partial charge in [0.25, 0.3) is 0 Å². The molecule has 1 fully saturated rings. The number of fused-ring (bicyclic) bond motifs is 3. The van der Waals surface area contributed by atoms with Crippen molar-refractivity contribution in [3.05, 3.63) is 59.7 Å². The molecule has 7 heteroatoms. The average molecular weight is 437 g/mol. The number of nitrogens with one attached hydrogen (secondary N) is 1. The molecule has 0 saturated heterocycles. The van der Waals surface area contributed by atoms with E-state index in [1.165, 1.54) is 0 Å². The zero-order chi connectivity index (χ0) is 22.5. The summed E-state index contributed by atoms with van der Waals surface area (Å²) in [5, 5.41) is 11.7. The van der Waals surface area contributed by atoms with Gasteiger partial charge in [-0.25, -0.2) is 9.59 Å². The molecule has 1 saturated carbocycles. The summed E-state index contributed by atoms with van der Waals surface area (Å²) in [6.45, 7) is 0.0682. The third-order valence-corrected chi connectivity index (χ3v) is 6.15. The first kappa shape index (κ1) is 21.9. The van der Waals surface area contributed by atoms with E-state index in [9.17, 15) is 19.5 Å².